The van der Waals surface area contributed by atoms with Gasteiger partial charge in [-0.1, -0.05) is 18.2 Å². The van der Waals surface area contributed by atoms with Crippen molar-refractivity contribution < 1.29 is 18.0 Å². The van der Waals surface area contributed by atoms with Crippen LogP contribution in [0.3, 0.4) is 0 Å². The molecular weight excluding hydrogens is 349 g/mol. The van der Waals surface area contributed by atoms with Crippen molar-refractivity contribution >= 4 is 12.1 Å². The van der Waals surface area contributed by atoms with E-state index in [9.17, 15) is 18.0 Å². The standard InChI is InChI=1S/C16H11F3N6O/c17-16(18,19)14-4-2-1-3-12(14)9-20-22-15(26)11-5-7-13(8-6-11)25-10-21-23-24-25/h1-10H,(H,22,26)/b20-9+. The highest BCUT2D eigenvalue weighted by Crippen LogP contribution is 2.31. The Hall–Kier alpha value is -3.56. The van der Waals surface area contributed by atoms with Crippen LogP contribution in [0.5, 0.6) is 0 Å². The van der Waals surface area contributed by atoms with Crippen molar-refractivity contribution in [3.05, 3.63) is 71.5 Å². The minimum absolute atomic E-state index is 0.144. The van der Waals surface area contributed by atoms with Crippen molar-refractivity contribution in [1.29, 1.82) is 0 Å². The molecule has 0 aliphatic carbocycles. The molecular formula is C16H11F3N6O. The van der Waals surface area contributed by atoms with Crippen LogP contribution in [0, 0.1) is 0 Å². The zero-order valence-electron chi connectivity index (χ0n) is 13.1. The fourth-order valence-corrected chi connectivity index (χ4v) is 2.14. The Bertz CT molecular complexity index is 920. The van der Waals surface area contributed by atoms with Crippen LogP contribution in [0.2, 0.25) is 0 Å². The average molecular weight is 360 g/mol. The topological polar surface area (TPSA) is 85.1 Å². The molecule has 0 atom stereocenters. The number of aromatic nitrogens is 4. The lowest BCUT2D eigenvalue weighted by molar-refractivity contribution is -0.137. The maximum Gasteiger partial charge on any atom is 0.417 e. The van der Waals surface area contributed by atoms with Gasteiger partial charge in [-0.25, -0.2) is 10.1 Å². The third-order valence-corrected chi connectivity index (χ3v) is 3.38. The van der Waals surface area contributed by atoms with E-state index in [1.54, 1.807) is 12.1 Å². The van der Waals surface area contributed by atoms with Crippen LogP contribution in [0.4, 0.5) is 13.2 Å². The van der Waals surface area contributed by atoms with Crippen LogP contribution in [-0.4, -0.2) is 32.3 Å². The summed E-state index contributed by atoms with van der Waals surface area (Å²) < 4.78 is 40.1. The smallest absolute Gasteiger partial charge is 0.267 e. The number of hydrogen-bond acceptors (Lipinski definition) is 5. The summed E-state index contributed by atoms with van der Waals surface area (Å²) in [6.07, 6.45) is -2.15. The summed E-state index contributed by atoms with van der Waals surface area (Å²) >= 11 is 0. The van der Waals surface area contributed by atoms with Gasteiger partial charge in [0.25, 0.3) is 5.91 Å². The van der Waals surface area contributed by atoms with Gasteiger partial charge in [-0.15, -0.1) is 5.10 Å². The number of carbonyl (C=O) groups is 1. The van der Waals surface area contributed by atoms with Crippen LogP contribution in [0.15, 0.2) is 60.0 Å². The van der Waals surface area contributed by atoms with Gasteiger partial charge in [-0.3, -0.25) is 4.79 Å². The molecule has 0 spiro atoms. The Morgan fingerprint density at radius 3 is 2.50 bits per heavy atom. The van der Waals surface area contributed by atoms with Gasteiger partial charge in [0, 0.05) is 11.1 Å². The Kier molecular flexibility index (Phi) is 4.74. The number of alkyl halides is 3. The number of hydrogen-bond donors (Lipinski definition) is 1. The van der Waals surface area contributed by atoms with E-state index in [1.165, 1.54) is 41.3 Å². The van der Waals surface area contributed by atoms with Gasteiger partial charge in [-0.2, -0.15) is 18.3 Å². The van der Waals surface area contributed by atoms with E-state index in [2.05, 4.69) is 26.1 Å². The molecule has 10 heteroatoms. The van der Waals surface area contributed by atoms with Crippen LogP contribution in [0.25, 0.3) is 5.69 Å². The largest absolute Gasteiger partial charge is 0.417 e. The second-order valence-corrected chi connectivity index (χ2v) is 5.09. The van der Waals surface area contributed by atoms with Crippen LogP contribution >= 0.6 is 0 Å². The summed E-state index contributed by atoms with van der Waals surface area (Å²) in [6.45, 7) is 0. The molecule has 0 radical (unpaired) electrons. The number of halogens is 3. The number of rotatable bonds is 4. The molecule has 0 bridgehead atoms. The van der Waals surface area contributed by atoms with Crippen molar-refractivity contribution in [3.8, 4) is 5.69 Å². The van der Waals surface area contributed by atoms with Gasteiger partial charge in [0.15, 0.2) is 0 Å². The van der Waals surface area contributed by atoms with Gasteiger partial charge in [-0.05, 0) is 40.8 Å². The zero-order valence-corrected chi connectivity index (χ0v) is 13.1. The van der Waals surface area contributed by atoms with Crippen molar-refractivity contribution in [1.82, 2.24) is 25.6 Å². The van der Waals surface area contributed by atoms with E-state index in [1.807, 2.05) is 0 Å². The van der Waals surface area contributed by atoms with Crippen molar-refractivity contribution in [2.24, 2.45) is 5.10 Å². The van der Waals surface area contributed by atoms with Crippen LogP contribution < -0.4 is 5.43 Å². The molecule has 1 heterocycles. The van der Waals surface area contributed by atoms with Gasteiger partial charge >= 0.3 is 6.18 Å². The summed E-state index contributed by atoms with van der Waals surface area (Å²) in [5.74, 6) is -0.561. The lowest BCUT2D eigenvalue weighted by Crippen LogP contribution is -2.18. The highest BCUT2D eigenvalue weighted by atomic mass is 19.4. The molecule has 0 unspecified atom stereocenters. The summed E-state index contributed by atoms with van der Waals surface area (Å²) in [4.78, 5) is 12.0. The highest BCUT2D eigenvalue weighted by Gasteiger charge is 2.32. The van der Waals surface area contributed by atoms with Gasteiger partial charge < -0.3 is 0 Å². The Labute approximate surface area is 145 Å². The molecule has 3 rings (SSSR count). The molecule has 2 aromatic carbocycles. The quantitative estimate of drug-likeness (QED) is 0.572. The first-order chi connectivity index (χ1) is 12.4. The van der Waals surface area contributed by atoms with Gasteiger partial charge in [0.05, 0.1) is 17.5 Å². The monoisotopic (exact) mass is 360 g/mol. The molecule has 0 saturated carbocycles. The number of benzene rings is 2. The molecule has 3 aromatic rings. The molecule has 26 heavy (non-hydrogen) atoms. The van der Waals surface area contributed by atoms with Crippen molar-refractivity contribution in [2.45, 2.75) is 6.18 Å². The molecule has 132 valence electrons. The molecule has 0 aliphatic heterocycles. The molecule has 1 amide bonds. The fraction of sp³-hybridized carbons (Fsp3) is 0.0625. The normalized spacial score (nSPS) is 11.7. The first-order valence-electron chi connectivity index (χ1n) is 7.28. The summed E-state index contributed by atoms with van der Waals surface area (Å²) in [6, 6.07) is 11.2. The number of tetrazole rings is 1. The molecule has 0 fully saturated rings. The highest BCUT2D eigenvalue weighted by molar-refractivity contribution is 5.95. The molecule has 1 N–H and O–H groups in total. The lowest BCUT2D eigenvalue weighted by Gasteiger charge is -2.09. The number of carbonyl (C=O) groups excluding carboxylic acids is 1. The Morgan fingerprint density at radius 1 is 1.12 bits per heavy atom. The van der Waals surface area contributed by atoms with Crippen molar-refractivity contribution in [2.75, 3.05) is 0 Å². The van der Waals surface area contributed by atoms with Gasteiger partial charge in [0.1, 0.15) is 6.33 Å². The van der Waals surface area contributed by atoms with E-state index < -0.39 is 17.6 Å². The fourth-order valence-electron chi connectivity index (χ4n) is 2.14. The predicted octanol–water partition coefficient (Wildman–Crippen LogP) is 2.45. The SMILES string of the molecule is O=C(N/N=C/c1ccccc1C(F)(F)F)c1ccc(-n2cnnn2)cc1. The zero-order chi connectivity index (χ0) is 18.6. The van der Waals surface area contributed by atoms with E-state index in [0.29, 0.717) is 5.69 Å². The van der Waals surface area contributed by atoms with Crippen LogP contribution in [-0.2, 0) is 6.18 Å². The summed E-state index contributed by atoms with van der Waals surface area (Å²) in [5, 5.41) is 14.3. The maximum absolute atomic E-state index is 12.9. The average Bonchev–Trinajstić information content (AvgIpc) is 3.16. The first kappa shape index (κ1) is 17.3. The minimum atomic E-state index is -4.50. The Balaban J connectivity index is 1.69. The molecule has 0 saturated heterocycles. The molecule has 7 nitrogen and oxygen atoms in total. The Morgan fingerprint density at radius 2 is 1.85 bits per heavy atom. The van der Waals surface area contributed by atoms with E-state index in [0.717, 1.165) is 12.3 Å². The molecule has 1 aromatic heterocycles. The number of nitrogens with zero attached hydrogens (tertiary/aromatic N) is 5. The third kappa shape index (κ3) is 3.91. The summed E-state index contributed by atoms with van der Waals surface area (Å²) in [5.41, 5.74) is 2.15. The second-order valence-electron chi connectivity index (χ2n) is 5.09. The second kappa shape index (κ2) is 7.13. The summed E-state index contributed by atoms with van der Waals surface area (Å²) in [7, 11) is 0. The third-order valence-electron chi connectivity index (χ3n) is 3.38. The van der Waals surface area contributed by atoms with E-state index >= 15 is 0 Å². The molecule has 0 aliphatic rings. The van der Waals surface area contributed by atoms with E-state index in [4.69, 9.17) is 0 Å². The first-order valence-corrected chi connectivity index (χ1v) is 7.28. The number of amides is 1. The van der Waals surface area contributed by atoms with Crippen molar-refractivity contribution in [3.63, 3.8) is 0 Å². The number of nitrogens with one attached hydrogen (secondary N) is 1. The maximum atomic E-state index is 12.9. The van der Waals surface area contributed by atoms with E-state index in [-0.39, 0.29) is 11.1 Å². The lowest BCUT2D eigenvalue weighted by atomic mass is 10.1. The number of hydrazone groups is 1. The predicted molar refractivity (Wildman–Crippen MR) is 85.7 cm³/mol. The minimum Gasteiger partial charge on any atom is -0.267 e. The van der Waals surface area contributed by atoms with Gasteiger partial charge in [0.2, 0.25) is 0 Å². The van der Waals surface area contributed by atoms with Crippen LogP contribution in [0.1, 0.15) is 21.5 Å².